The van der Waals surface area contributed by atoms with Crippen LogP contribution in [0, 0.1) is 11.3 Å². The second-order valence-electron chi connectivity index (χ2n) is 8.19. The Balaban J connectivity index is 2.27. The predicted molar refractivity (Wildman–Crippen MR) is 134 cm³/mol. The van der Waals surface area contributed by atoms with E-state index in [9.17, 15) is 4.79 Å². The number of Topliss-reactive ketones (excluding diaryl/α,β-unsaturated/α-hetero) is 1. The summed E-state index contributed by atoms with van der Waals surface area (Å²) in [5.41, 5.74) is 2.53. The van der Waals surface area contributed by atoms with Crippen molar-refractivity contribution >= 4 is 17.5 Å². The Labute approximate surface area is 190 Å². The number of unbranched alkanes of at least 4 members (excludes halogenated alkanes) is 9. The number of carbonyl (C=O) groups excluding carboxylic acids is 1. The van der Waals surface area contributed by atoms with E-state index in [2.05, 4.69) is 43.1 Å². The zero-order valence-corrected chi connectivity index (χ0v) is 19.8. The molecule has 0 aliphatic rings. The standard InChI is InChI=1S/C28H40N2O/c1-4-5-6-7-8-9-10-11-12-16-23-30(3)28-21-19-26(20-22-28)17-14-13-15-18-27(24-29)25(2)31/h13-15,17-22H,4-12,16,23H2,1-3H3. The minimum atomic E-state index is -0.214. The van der Waals surface area contributed by atoms with Crippen molar-refractivity contribution in [2.75, 3.05) is 18.5 Å². The maximum Gasteiger partial charge on any atom is 0.170 e. The predicted octanol–water partition coefficient (Wildman–Crippen LogP) is 7.65. The lowest BCUT2D eigenvalue weighted by molar-refractivity contribution is -0.113. The molecule has 3 heteroatoms. The molecule has 3 nitrogen and oxygen atoms in total. The lowest BCUT2D eigenvalue weighted by atomic mass is 10.1. The fraction of sp³-hybridized carbons (Fsp3) is 0.500. The normalized spacial score (nSPS) is 11.9. The molecule has 1 aromatic rings. The SMILES string of the molecule is CCCCCCCCCCCCN(C)c1ccc(C=CC=CC=C(C#N)C(C)=O)cc1. The van der Waals surface area contributed by atoms with Crippen molar-refractivity contribution in [2.45, 2.75) is 78.1 Å². The van der Waals surface area contributed by atoms with Crippen LogP contribution in [0.2, 0.25) is 0 Å². The van der Waals surface area contributed by atoms with Gasteiger partial charge in [0.2, 0.25) is 0 Å². The molecule has 0 amide bonds. The molecule has 0 saturated heterocycles. The first kappa shape index (κ1) is 26.4. The molecule has 1 aromatic carbocycles. The molecule has 0 radical (unpaired) electrons. The summed E-state index contributed by atoms with van der Waals surface area (Å²) in [6.45, 7) is 4.76. The molecule has 0 fully saturated rings. The Kier molecular flexibility index (Phi) is 14.6. The van der Waals surface area contributed by atoms with Gasteiger partial charge in [-0.05, 0) is 37.1 Å². The molecule has 0 heterocycles. The topological polar surface area (TPSA) is 44.1 Å². The highest BCUT2D eigenvalue weighted by atomic mass is 16.1. The van der Waals surface area contributed by atoms with E-state index < -0.39 is 0 Å². The van der Waals surface area contributed by atoms with Crippen LogP contribution in [0.5, 0.6) is 0 Å². The molecule has 0 unspecified atom stereocenters. The van der Waals surface area contributed by atoms with Crippen molar-refractivity contribution in [1.29, 1.82) is 5.26 Å². The highest BCUT2D eigenvalue weighted by Gasteiger charge is 2.01. The second kappa shape index (κ2) is 17.1. The van der Waals surface area contributed by atoms with Crippen molar-refractivity contribution in [2.24, 2.45) is 0 Å². The summed E-state index contributed by atoms with van der Waals surface area (Å²) in [5, 5.41) is 8.84. The fourth-order valence-corrected chi connectivity index (χ4v) is 3.42. The van der Waals surface area contributed by atoms with Gasteiger partial charge in [0.15, 0.2) is 5.78 Å². The first-order valence-electron chi connectivity index (χ1n) is 11.9. The van der Waals surface area contributed by atoms with E-state index in [0.29, 0.717) is 0 Å². The molecule has 0 aliphatic carbocycles. The summed E-state index contributed by atoms with van der Waals surface area (Å²) in [5.74, 6) is -0.214. The van der Waals surface area contributed by atoms with Crippen LogP contribution in [-0.4, -0.2) is 19.4 Å². The number of rotatable bonds is 16. The summed E-state index contributed by atoms with van der Waals surface area (Å²) < 4.78 is 0. The zero-order chi connectivity index (χ0) is 22.7. The van der Waals surface area contributed by atoms with Crippen molar-refractivity contribution < 1.29 is 4.79 Å². The summed E-state index contributed by atoms with van der Waals surface area (Å²) in [7, 11) is 2.16. The molecule has 168 valence electrons. The van der Waals surface area contributed by atoms with Crippen molar-refractivity contribution in [1.82, 2.24) is 0 Å². The van der Waals surface area contributed by atoms with Gasteiger partial charge in [0.05, 0.1) is 5.57 Å². The maximum absolute atomic E-state index is 11.2. The van der Waals surface area contributed by atoms with E-state index in [0.717, 1.165) is 12.1 Å². The van der Waals surface area contributed by atoms with Gasteiger partial charge in [-0.1, -0.05) is 101 Å². The highest BCUT2D eigenvalue weighted by molar-refractivity contribution is 5.97. The minimum absolute atomic E-state index is 0.166. The van der Waals surface area contributed by atoms with Crippen LogP contribution >= 0.6 is 0 Å². The third kappa shape index (κ3) is 12.6. The van der Waals surface area contributed by atoms with E-state index >= 15 is 0 Å². The summed E-state index contributed by atoms with van der Waals surface area (Å²) in [4.78, 5) is 13.5. The Morgan fingerprint density at radius 3 is 2.03 bits per heavy atom. The average Bonchev–Trinajstić information content (AvgIpc) is 2.77. The number of nitrogens with zero attached hydrogens (tertiary/aromatic N) is 2. The lowest BCUT2D eigenvalue weighted by Crippen LogP contribution is -2.18. The average molecular weight is 421 g/mol. The Morgan fingerprint density at radius 2 is 1.48 bits per heavy atom. The van der Waals surface area contributed by atoms with E-state index in [1.807, 2.05) is 24.3 Å². The Bertz CT molecular complexity index is 750. The molecule has 0 aromatic heterocycles. The second-order valence-corrected chi connectivity index (χ2v) is 8.19. The zero-order valence-electron chi connectivity index (χ0n) is 19.8. The Hall–Kier alpha value is -2.60. The van der Waals surface area contributed by atoms with Crippen molar-refractivity contribution in [3.63, 3.8) is 0 Å². The molecule has 0 spiro atoms. The van der Waals surface area contributed by atoms with Crippen molar-refractivity contribution in [3.8, 4) is 6.07 Å². The molecular weight excluding hydrogens is 380 g/mol. The highest BCUT2D eigenvalue weighted by Crippen LogP contribution is 2.16. The van der Waals surface area contributed by atoms with Gasteiger partial charge in [-0.2, -0.15) is 5.26 Å². The third-order valence-corrected chi connectivity index (χ3v) is 5.45. The molecular formula is C28H40N2O. The first-order valence-corrected chi connectivity index (χ1v) is 11.9. The van der Waals surface area contributed by atoms with Crippen LogP contribution in [0.25, 0.3) is 6.08 Å². The summed E-state index contributed by atoms with van der Waals surface area (Å²) >= 11 is 0. The first-order chi connectivity index (χ1) is 15.1. The number of ketones is 1. The number of nitriles is 1. The van der Waals surface area contributed by atoms with Gasteiger partial charge in [-0.3, -0.25) is 4.79 Å². The van der Waals surface area contributed by atoms with Gasteiger partial charge >= 0.3 is 0 Å². The lowest BCUT2D eigenvalue weighted by Gasteiger charge is -2.19. The van der Waals surface area contributed by atoms with Crippen LogP contribution in [0.1, 0.15) is 83.6 Å². The number of anilines is 1. The Morgan fingerprint density at radius 1 is 0.903 bits per heavy atom. The maximum atomic E-state index is 11.2. The monoisotopic (exact) mass is 420 g/mol. The smallest absolute Gasteiger partial charge is 0.170 e. The number of hydrogen-bond acceptors (Lipinski definition) is 3. The van der Waals surface area contributed by atoms with Gasteiger partial charge < -0.3 is 4.90 Å². The largest absolute Gasteiger partial charge is 0.375 e. The molecule has 0 saturated carbocycles. The quantitative estimate of drug-likeness (QED) is 0.119. The molecule has 0 atom stereocenters. The number of allylic oxidation sites excluding steroid dienone is 5. The van der Waals surface area contributed by atoms with Crippen LogP contribution < -0.4 is 4.90 Å². The molecule has 0 aliphatic heterocycles. The third-order valence-electron chi connectivity index (χ3n) is 5.45. The van der Waals surface area contributed by atoms with Gasteiger partial charge in [0, 0.05) is 19.3 Å². The number of hydrogen-bond donors (Lipinski definition) is 0. The molecule has 31 heavy (non-hydrogen) atoms. The molecule has 0 bridgehead atoms. The van der Waals surface area contributed by atoms with Crippen LogP contribution in [0.4, 0.5) is 5.69 Å². The van der Waals surface area contributed by atoms with E-state index in [1.54, 1.807) is 12.2 Å². The molecule has 1 rings (SSSR count). The molecule has 0 N–H and O–H groups in total. The van der Waals surface area contributed by atoms with Gasteiger partial charge in [-0.15, -0.1) is 0 Å². The van der Waals surface area contributed by atoms with Crippen LogP contribution in [0.3, 0.4) is 0 Å². The minimum Gasteiger partial charge on any atom is -0.375 e. The number of carbonyl (C=O) groups is 1. The van der Waals surface area contributed by atoms with Crippen LogP contribution in [0.15, 0.2) is 54.1 Å². The van der Waals surface area contributed by atoms with Crippen LogP contribution in [-0.2, 0) is 4.79 Å². The van der Waals surface area contributed by atoms with Gasteiger partial charge in [0.25, 0.3) is 0 Å². The van der Waals surface area contributed by atoms with Gasteiger partial charge in [0.1, 0.15) is 6.07 Å². The van der Waals surface area contributed by atoms with Crippen molar-refractivity contribution in [3.05, 3.63) is 59.7 Å². The van der Waals surface area contributed by atoms with E-state index in [1.165, 1.54) is 76.8 Å². The summed E-state index contributed by atoms with van der Waals surface area (Å²) in [6.07, 6.45) is 22.7. The number of benzene rings is 1. The summed E-state index contributed by atoms with van der Waals surface area (Å²) in [6, 6.07) is 10.4. The van der Waals surface area contributed by atoms with Gasteiger partial charge in [-0.25, -0.2) is 0 Å². The van der Waals surface area contributed by atoms with E-state index in [4.69, 9.17) is 5.26 Å². The van der Waals surface area contributed by atoms with E-state index in [-0.39, 0.29) is 11.4 Å². The fourth-order valence-electron chi connectivity index (χ4n) is 3.42.